The average Bonchev–Trinajstić information content (AvgIpc) is 2.27. The van der Waals surface area contributed by atoms with Gasteiger partial charge in [0, 0.05) is 6.42 Å². The third-order valence-corrected chi connectivity index (χ3v) is 2.65. The van der Waals surface area contributed by atoms with Gasteiger partial charge in [0.2, 0.25) is 5.78 Å². The second kappa shape index (κ2) is 6.25. The number of carbonyl (C=O) groups excluding carboxylic acids is 2. The van der Waals surface area contributed by atoms with E-state index in [1.807, 2.05) is 0 Å². The van der Waals surface area contributed by atoms with E-state index in [0.717, 1.165) is 25.7 Å². The summed E-state index contributed by atoms with van der Waals surface area (Å²) in [5.74, 6) is -2.91. The molecule has 1 fully saturated rings. The molecule has 0 aromatic carbocycles. The molecular formula is C11H16O5. The van der Waals surface area contributed by atoms with Crippen LogP contribution in [0.4, 0.5) is 0 Å². The monoisotopic (exact) mass is 228 g/mol. The lowest BCUT2D eigenvalue weighted by atomic mass is 9.98. The molecular weight excluding hydrogens is 212 g/mol. The number of hydrogen-bond acceptors (Lipinski definition) is 4. The lowest BCUT2D eigenvalue weighted by Crippen LogP contribution is -2.22. The molecule has 0 spiro atoms. The highest BCUT2D eigenvalue weighted by molar-refractivity contribution is 6.32. The molecule has 5 heteroatoms. The molecule has 0 unspecified atom stereocenters. The number of Topliss-reactive ketones (excluding diaryl/α,β-unsaturated/α-hetero) is 1. The van der Waals surface area contributed by atoms with Crippen LogP contribution in [0, 0.1) is 0 Å². The minimum absolute atomic E-state index is 0.0406. The zero-order valence-corrected chi connectivity index (χ0v) is 9.11. The van der Waals surface area contributed by atoms with E-state index >= 15 is 0 Å². The molecule has 1 N–H and O–H groups in total. The largest absolute Gasteiger partial charge is 0.476 e. The van der Waals surface area contributed by atoms with Crippen LogP contribution in [-0.2, 0) is 19.1 Å². The van der Waals surface area contributed by atoms with Gasteiger partial charge in [-0.05, 0) is 25.7 Å². The molecule has 1 aliphatic carbocycles. The minimum atomic E-state index is -1.49. The van der Waals surface area contributed by atoms with Gasteiger partial charge in [-0.25, -0.2) is 4.79 Å². The van der Waals surface area contributed by atoms with Crippen molar-refractivity contribution in [3.05, 3.63) is 0 Å². The molecule has 16 heavy (non-hydrogen) atoms. The SMILES string of the molecule is O=C(CCC(=O)C(=O)O)OC1CCCCC1. The van der Waals surface area contributed by atoms with Gasteiger partial charge in [-0.1, -0.05) is 6.42 Å². The van der Waals surface area contributed by atoms with Crippen LogP contribution in [0.15, 0.2) is 0 Å². The van der Waals surface area contributed by atoms with Gasteiger partial charge in [-0.3, -0.25) is 9.59 Å². The number of ketones is 1. The van der Waals surface area contributed by atoms with Crippen LogP contribution in [0.1, 0.15) is 44.9 Å². The second-order valence-electron chi connectivity index (χ2n) is 3.98. The van der Waals surface area contributed by atoms with Crippen LogP contribution in [0.2, 0.25) is 0 Å². The van der Waals surface area contributed by atoms with Crippen molar-refractivity contribution >= 4 is 17.7 Å². The van der Waals surface area contributed by atoms with Gasteiger partial charge in [-0.2, -0.15) is 0 Å². The normalized spacial score (nSPS) is 16.8. The molecule has 0 amide bonds. The van der Waals surface area contributed by atoms with Gasteiger partial charge in [0.05, 0.1) is 6.42 Å². The van der Waals surface area contributed by atoms with Gasteiger partial charge < -0.3 is 9.84 Å². The highest BCUT2D eigenvalue weighted by Gasteiger charge is 2.19. The van der Waals surface area contributed by atoms with Crippen LogP contribution in [0.25, 0.3) is 0 Å². The van der Waals surface area contributed by atoms with Gasteiger partial charge >= 0.3 is 11.9 Å². The Balaban J connectivity index is 2.19. The van der Waals surface area contributed by atoms with Gasteiger partial charge in [0.1, 0.15) is 6.10 Å². The predicted molar refractivity (Wildman–Crippen MR) is 54.8 cm³/mol. The topological polar surface area (TPSA) is 80.7 Å². The number of hydrogen-bond donors (Lipinski definition) is 1. The van der Waals surface area contributed by atoms with Crippen molar-refractivity contribution in [2.45, 2.75) is 51.0 Å². The lowest BCUT2D eigenvalue weighted by molar-refractivity contribution is -0.153. The number of carboxylic acid groups (broad SMARTS) is 1. The lowest BCUT2D eigenvalue weighted by Gasteiger charge is -2.21. The van der Waals surface area contributed by atoms with Crippen molar-refractivity contribution in [2.24, 2.45) is 0 Å². The Kier molecular flexibility index (Phi) is 4.95. The van der Waals surface area contributed by atoms with E-state index in [9.17, 15) is 14.4 Å². The Hall–Kier alpha value is -1.39. The van der Waals surface area contributed by atoms with Gasteiger partial charge in [0.25, 0.3) is 0 Å². The quantitative estimate of drug-likeness (QED) is 0.566. The van der Waals surface area contributed by atoms with E-state index in [2.05, 4.69) is 0 Å². The van der Waals surface area contributed by atoms with Crippen molar-refractivity contribution < 1.29 is 24.2 Å². The molecule has 0 aromatic rings. The summed E-state index contributed by atoms with van der Waals surface area (Å²) in [6, 6.07) is 0. The van der Waals surface area contributed by atoms with E-state index in [-0.39, 0.29) is 18.9 Å². The van der Waals surface area contributed by atoms with Crippen LogP contribution < -0.4 is 0 Å². The number of aliphatic carboxylic acids is 1. The standard InChI is InChI=1S/C11H16O5/c12-9(11(14)15)6-7-10(13)16-8-4-2-1-3-5-8/h8H,1-7H2,(H,14,15). The molecule has 0 bridgehead atoms. The molecule has 0 radical (unpaired) electrons. The van der Waals surface area contributed by atoms with Crippen molar-refractivity contribution in [3.8, 4) is 0 Å². The first-order chi connectivity index (χ1) is 7.59. The molecule has 0 heterocycles. The smallest absolute Gasteiger partial charge is 0.372 e. The van der Waals surface area contributed by atoms with Crippen LogP contribution in [0.5, 0.6) is 0 Å². The fourth-order valence-corrected chi connectivity index (χ4v) is 1.75. The molecule has 1 rings (SSSR count). The van der Waals surface area contributed by atoms with E-state index < -0.39 is 17.7 Å². The fourth-order valence-electron chi connectivity index (χ4n) is 1.75. The summed E-state index contributed by atoms with van der Waals surface area (Å²) in [5.41, 5.74) is 0. The minimum Gasteiger partial charge on any atom is -0.476 e. The van der Waals surface area contributed by atoms with Crippen molar-refractivity contribution in [2.75, 3.05) is 0 Å². The summed E-state index contributed by atoms with van der Waals surface area (Å²) in [7, 11) is 0. The molecule has 0 saturated heterocycles. The van der Waals surface area contributed by atoms with Crippen molar-refractivity contribution in [1.29, 1.82) is 0 Å². The summed E-state index contributed by atoms with van der Waals surface area (Å²) in [6.07, 6.45) is 4.59. The number of carboxylic acids is 1. The maximum absolute atomic E-state index is 11.3. The summed E-state index contributed by atoms with van der Waals surface area (Å²) in [5, 5.41) is 8.31. The molecule has 0 atom stereocenters. The molecule has 5 nitrogen and oxygen atoms in total. The van der Waals surface area contributed by atoms with E-state index in [1.54, 1.807) is 0 Å². The number of ether oxygens (including phenoxy) is 1. The highest BCUT2D eigenvalue weighted by Crippen LogP contribution is 2.20. The van der Waals surface area contributed by atoms with E-state index in [1.165, 1.54) is 6.42 Å². The Labute approximate surface area is 93.8 Å². The Morgan fingerprint density at radius 2 is 1.69 bits per heavy atom. The Bertz CT molecular complexity index is 278. The first kappa shape index (κ1) is 12.7. The van der Waals surface area contributed by atoms with E-state index in [4.69, 9.17) is 9.84 Å². The molecule has 1 saturated carbocycles. The summed E-state index contributed by atoms with van der Waals surface area (Å²) >= 11 is 0. The summed E-state index contributed by atoms with van der Waals surface area (Å²) in [6.45, 7) is 0. The van der Waals surface area contributed by atoms with Crippen LogP contribution >= 0.6 is 0 Å². The molecule has 0 aliphatic heterocycles. The van der Waals surface area contributed by atoms with Gasteiger partial charge in [-0.15, -0.1) is 0 Å². The predicted octanol–water partition coefficient (Wildman–Crippen LogP) is 1.30. The van der Waals surface area contributed by atoms with E-state index in [0.29, 0.717) is 0 Å². The Morgan fingerprint density at radius 1 is 1.06 bits per heavy atom. The summed E-state index contributed by atoms with van der Waals surface area (Å²) in [4.78, 5) is 32.2. The maximum Gasteiger partial charge on any atom is 0.372 e. The zero-order chi connectivity index (χ0) is 12.0. The molecule has 0 aromatic heterocycles. The number of rotatable bonds is 5. The fraction of sp³-hybridized carbons (Fsp3) is 0.727. The molecule has 1 aliphatic rings. The number of esters is 1. The molecule has 90 valence electrons. The Morgan fingerprint density at radius 3 is 2.25 bits per heavy atom. The maximum atomic E-state index is 11.3. The van der Waals surface area contributed by atoms with Crippen LogP contribution in [-0.4, -0.2) is 28.9 Å². The zero-order valence-electron chi connectivity index (χ0n) is 9.11. The third kappa shape index (κ3) is 4.42. The third-order valence-electron chi connectivity index (χ3n) is 2.65. The second-order valence-corrected chi connectivity index (χ2v) is 3.98. The number of carbonyl (C=O) groups is 3. The first-order valence-corrected chi connectivity index (χ1v) is 5.55. The van der Waals surface area contributed by atoms with Crippen LogP contribution in [0.3, 0.4) is 0 Å². The first-order valence-electron chi connectivity index (χ1n) is 5.55. The van der Waals surface area contributed by atoms with Crippen molar-refractivity contribution in [3.63, 3.8) is 0 Å². The average molecular weight is 228 g/mol. The summed E-state index contributed by atoms with van der Waals surface area (Å²) < 4.78 is 5.14. The van der Waals surface area contributed by atoms with Gasteiger partial charge in [0.15, 0.2) is 0 Å². The van der Waals surface area contributed by atoms with Crippen molar-refractivity contribution in [1.82, 2.24) is 0 Å². The highest BCUT2D eigenvalue weighted by atomic mass is 16.5.